The first-order valence-electron chi connectivity index (χ1n) is 8.73. The minimum atomic E-state index is -3.01. The van der Waals surface area contributed by atoms with E-state index in [1.54, 1.807) is 23.0 Å². The summed E-state index contributed by atoms with van der Waals surface area (Å²) in [6.07, 6.45) is 6.11. The first-order valence-corrected chi connectivity index (χ1v) is 8.73. The first kappa shape index (κ1) is 20.1. The van der Waals surface area contributed by atoms with Crippen LogP contribution in [0.4, 0.5) is 8.78 Å². The molecule has 1 heterocycles. The Morgan fingerprint density at radius 1 is 1.21 bits per heavy atom. The highest BCUT2D eigenvalue weighted by molar-refractivity contribution is 5.92. The normalized spacial score (nSPS) is 11.0. The molecule has 0 aliphatic heterocycles. The van der Waals surface area contributed by atoms with E-state index in [4.69, 9.17) is 4.74 Å². The number of benzene rings is 2. The van der Waals surface area contributed by atoms with Crippen molar-refractivity contribution in [1.29, 1.82) is 0 Å². The summed E-state index contributed by atoms with van der Waals surface area (Å²) in [5.74, 6) is -0.359. The van der Waals surface area contributed by atoms with Gasteiger partial charge in [0.05, 0.1) is 19.0 Å². The summed E-state index contributed by atoms with van der Waals surface area (Å²) in [5, 5.41) is 6.99. The molecule has 1 N–H and O–H groups in total. The van der Waals surface area contributed by atoms with Crippen molar-refractivity contribution in [2.24, 2.45) is 0 Å². The van der Waals surface area contributed by atoms with Gasteiger partial charge in [-0.1, -0.05) is 30.3 Å². The molecule has 8 heteroatoms. The Balaban J connectivity index is 1.63. The molecular weight excluding hydrogens is 380 g/mol. The van der Waals surface area contributed by atoms with Crippen LogP contribution >= 0.6 is 0 Å². The number of methoxy groups -OCH3 is 1. The molecule has 29 heavy (non-hydrogen) atoms. The number of para-hydroxylation sites is 2. The third-order valence-corrected chi connectivity index (χ3v) is 3.97. The Hall–Kier alpha value is -3.68. The number of alkyl halides is 2. The number of hydrogen-bond acceptors (Lipinski definition) is 4. The van der Waals surface area contributed by atoms with E-state index in [-0.39, 0.29) is 24.0 Å². The van der Waals surface area contributed by atoms with Crippen LogP contribution in [0.25, 0.3) is 11.8 Å². The number of ether oxygens (including phenoxy) is 2. The predicted octanol–water partition coefficient (Wildman–Crippen LogP) is 3.81. The van der Waals surface area contributed by atoms with Crippen molar-refractivity contribution in [3.8, 4) is 17.2 Å². The van der Waals surface area contributed by atoms with Gasteiger partial charge in [-0.15, -0.1) is 0 Å². The summed E-state index contributed by atoms with van der Waals surface area (Å²) in [4.78, 5) is 12.1. The highest BCUT2D eigenvalue weighted by Gasteiger charge is 2.14. The third kappa shape index (κ3) is 5.41. The number of aromatic nitrogens is 2. The summed E-state index contributed by atoms with van der Waals surface area (Å²) in [6.45, 7) is -2.73. The zero-order valence-electron chi connectivity index (χ0n) is 15.6. The van der Waals surface area contributed by atoms with Gasteiger partial charge in [-0.05, 0) is 24.3 Å². The van der Waals surface area contributed by atoms with Gasteiger partial charge in [0.1, 0.15) is 0 Å². The fraction of sp³-hybridized carbons (Fsp3) is 0.143. The van der Waals surface area contributed by atoms with Gasteiger partial charge < -0.3 is 14.8 Å². The van der Waals surface area contributed by atoms with Crippen LogP contribution < -0.4 is 14.8 Å². The van der Waals surface area contributed by atoms with E-state index in [0.717, 1.165) is 11.3 Å². The Labute approximate surface area is 166 Å². The highest BCUT2D eigenvalue weighted by atomic mass is 19.3. The van der Waals surface area contributed by atoms with Crippen LogP contribution in [0.1, 0.15) is 11.1 Å². The summed E-state index contributed by atoms with van der Waals surface area (Å²) < 4.78 is 36.6. The standard InChI is InChI=1S/C21H19F2N3O3/c1-28-18-9-5-6-16(20(18)29-21(22)23)10-11-19(27)24-12-15-13-25-26(14-15)17-7-3-2-4-8-17/h2-11,13-14,21H,12H2,1H3,(H,24,27)/b11-10+. The number of amides is 1. The number of carbonyl (C=O) groups is 1. The summed E-state index contributed by atoms with van der Waals surface area (Å²) >= 11 is 0. The minimum Gasteiger partial charge on any atom is -0.493 e. The van der Waals surface area contributed by atoms with E-state index in [1.807, 2.05) is 36.5 Å². The van der Waals surface area contributed by atoms with Gasteiger partial charge in [0.2, 0.25) is 5.91 Å². The second kappa shape index (κ2) is 9.50. The molecule has 0 radical (unpaired) electrons. The molecule has 1 aromatic heterocycles. The van der Waals surface area contributed by atoms with Crippen LogP contribution in [0, 0.1) is 0 Å². The maximum absolute atomic E-state index is 12.7. The van der Waals surface area contributed by atoms with Gasteiger partial charge in [-0.2, -0.15) is 13.9 Å². The van der Waals surface area contributed by atoms with Gasteiger partial charge in [0.15, 0.2) is 11.5 Å². The molecule has 3 rings (SSSR count). The quantitative estimate of drug-likeness (QED) is 0.585. The second-order valence-corrected chi connectivity index (χ2v) is 5.94. The average molecular weight is 399 g/mol. The summed E-state index contributed by atoms with van der Waals surface area (Å²) in [5.41, 5.74) is 2.03. The van der Waals surface area contributed by atoms with E-state index in [1.165, 1.54) is 25.3 Å². The van der Waals surface area contributed by atoms with Crippen LogP contribution in [0.5, 0.6) is 11.5 Å². The number of rotatable bonds is 8. The second-order valence-electron chi connectivity index (χ2n) is 5.94. The van der Waals surface area contributed by atoms with Gasteiger partial charge >= 0.3 is 6.61 Å². The lowest BCUT2D eigenvalue weighted by atomic mass is 10.1. The van der Waals surface area contributed by atoms with E-state index in [9.17, 15) is 13.6 Å². The Bertz CT molecular complexity index is 988. The van der Waals surface area contributed by atoms with Crippen molar-refractivity contribution >= 4 is 12.0 Å². The van der Waals surface area contributed by atoms with Gasteiger partial charge in [0.25, 0.3) is 0 Å². The van der Waals surface area contributed by atoms with Crippen molar-refractivity contribution in [1.82, 2.24) is 15.1 Å². The van der Waals surface area contributed by atoms with Crippen LogP contribution in [0.15, 0.2) is 67.0 Å². The number of carbonyl (C=O) groups excluding carboxylic acids is 1. The predicted molar refractivity (Wildman–Crippen MR) is 104 cm³/mol. The van der Waals surface area contributed by atoms with Crippen molar-refractivity contribution in [2.75, 3.05) is 7.11 Å². The molecule has 3 aromatic rings. The smallest absolute Gasteiger partial charge is 0.387 e. The summed E-state index contributed by atoms with van der Waals surface area (Å²) in [7, 11) is 1.35. The maximum atomic E-state index is 12.7. The monoisotopic (exact) mass is 399 g/mol. The van der Waals surface area contributed by atoms with Crippen molar-refractivity contribution in [2.45, 2.75) is 13.2 Å². The van der Waals surface area contributed by atoms with Gasteiger partial charge in [-0.25, -0.2) is 4.68 Å². The minimum absolute atomic E-state index is 0.127. The summed E-state index contributed by atoms with van der Waals surface area (Å²) in [6, 6.07) is 14.2. The lowest BCUT2D eigenvalue weighted by Gasteiger charge is -2.12. The molecule has 0 saturated carbocycles. The molecule has 0 saturated heterocycles. The highest BCUT2D eigenvalue weighted by Crippen LogP contribution is 2.33. The largest absolute Gasteiger partial charge is 0.493 e. The van der Waals surface area contributed by atoms with E-state index in [0.29, 0.717) is 5.56 Å². The Kier molecular flexibility index (Phi) is 6.57. The van der Waals surface area contributed by atoms with Crippen LogP contribution in [0.2, 0.25) is 0 Å². The van der Waals surface area contributed by atoms with E-state index >= 15 is 0 Å². The van der Waals surface area contributed by atoms with E-state index < -0.39 is 6.61 Å². The molecule has 0 unspecified atom stereocenters. The molecule has 0 aliphatic rings. The lowest BCUT2D eigenvalue weighted by molar-refractivity contribution is -0.116. The Morgan fingerprint density at radius 3 is 2.72 bits per heavy atom. The van der Waals surface area contributed by atoms with Crippen LogP contribution in [0.3, 0.4) is 0 Å². The fourth-order valence-corrected chi connectivity index (χ4v) is 2.63. The molecule has 0 atom stereocenters. The topological polar surface area (TPSA) is 65.4 Å². The molecule has 2 aromatic carbocycles. The third-order valence-electron chi connectivity index (χ3n) is 3.97. The lowest BCUT2D eigenvalue weighted by Crippen LogP contribution is -2.19. The molecule has 0 bridgehead atoms. The number of nitrogens with zero attached hydrogens (tertiary/aromatic N) is 2. The van der Waals surface area contributed by atoms with Crippen LogP contribution in [-0.4, -0.2) is 29.4 Å². The zero-order chi connectivity index (χ0) is 20.6. The SMILES string of the molecule is COc1cccc(/C=C/C(=O)NCc2cnn(-c3ccccc3)c2)c1OC(F)F. The first-order chi connectivity index (χ1) is 14.1. The van der Waals surface area contributed by atoms with Crippen LogP contribution in [-0.2, 0) is 11.3 Å². The maximum Gasteiger partial charge on any atom is 0.387 e. The van der Waals surface area contributed by atoms with Crippen molar-refractivity contribution < 1.29 is 23.0 Å². The molecular formula is C21H19F2N3O3. The fourth-order valence-electron chi connectivity index (χ4n) is 2.63. The molecule has 0 aliphatic carbocycles. The van der Waals surface area contributed by atoms with Crippen molar-refractivity contribution in [3.63, 3.8) is 0 Å². The van der Waals surface area contributed by atoms with Gasteiger partial charge in [-0.3, -0.25) is 4.79 Å². The van der Waals surface area contributed by atoms with Gasteiger partial charge in [0, 0.05) is 29.9 Å². The number of hydrogen-bond donors (Lipinski definition) is 1. The van der Waals surface area contributed by atoms with E-state index in [2.05, 4.69) is 15.2 Å². The average Bonchev–Trinajstić information content (AvgIpc) is 3.21. The number of halogens is 2. The molecule has 0 spiro atoms. The molecule has 0 fully saturated rings. The molecule has 6 nitrogen and oxygen atoms in total. The molecule has 150 valence electrons. The zero-order valence-corrected chi connectivity index (χ0v) is 15.6. The molecule has 1 amide bonds. The number of nitrogens with one attached hydrogen (secondary N) is 1. The Morgan fingerprint density at radius 2 is 2.00 bits per heavy atom. The van der Waals surface area contributed by atoms with Crippen molar-refractivity contribution in [3.05, 3.63) is 78.1 Å².